The van der Waals surface area contributed by atoms with E-state index in [-0.39, 0.29) is 11.7 Å². The van der Waals surface area contributed by atoms with Crippen LogP contribution in [-0.2, 0) is 18.4 Å². The van der Waals surface area contributed by atoms with E-state index in [9.17, 15) is 4.79 Å². The lowest BCUT2D eigenvalue weighted by Crippen LogP contribution is -2.24. The van der Waals surface area contributed by atoms with Crippen LogP contribution in [0.4, 0.5) is 0 Å². The largest absolute Gasteiger partial charge is 0.351 e. The predicted molar refractivity (Wildman–Crippen MR) is 103 cm³/mol. The first-order chi connectivity index (χ1) is 12.0. The Morgan fingerprint density at radius 2 is 2.16 bits per heavy atom. The fourth-order valence-corrected chi connectivity index (χ4v) is 4.06. The van der Waals surface area contributed by atoms with Gasteiger partial charge >= 0.3 is 0 Å². The van der Waals surface area contributed by atoms with Crippen LogP contribution in [0.3, 0.4) is 0 Å². The molecule has 130 valence electrons. The molecule has 0 atom stereocenters. The molecule has 1 amide bonds. The Kier molecular flexibility index (Phi) is 6.01. The predicted octanol–water partition coefficient (Wildman–Crippen LogP) is 4.26. The molecule has 3 aromatic rings. The van der Waals surface area contributed by atoms with Crippen molar-refractivity contribution in [3.05, 3.63) is 51.3 Å². The molecule has 2 aromatic heterocycles. The van der Waals surface area contributed by atoms with E-state index in [1.165, 1.54) is 11.8 Å². The Bertz CT molecular complexity index is 880. The molecule has 0 aliphatic carbocycles. The van der Waals surface area contributed by atoms with Crippen LogP contribution in [-0.4, -0.2) is 26.4 Å². The fourth-order valence-electron chi connectivity index (χ4n) is 2.10. The van der Waals surface area contributed by atoms with Gasteiger partial charge in [0, 0.05) is 23.6 Å². The Labute approximate surface area is 163 Å². The lowest BCUT2D eigenvalue weighted by Gasteiger charge is -2.07. The molecule has 0 aliphatic heterocycles. The van der Waals surface area contributed by atoms with Crippen molar-refractivity contribution >= 4 is 52.2 Å². The summed E-state index contributed by atoms with van der Waals surface area (Å²) in [6.07, 6.45) is 0. The highest BCUT2D eigenvalue weighted by Crippen LogP contribution is 2.26. The first kappa shape index (κ1) is 18.3. The van der Waals surface area contributed by atoms with Crippen molar-refractivity contribution in [1.82, 2.24) is 20.1 Å². The molecule has 0 aliphatic rings. The van der Waals surface area contributed by atoms with E-state index in [0.717, 1.165) is 16.3 Å². The molecule has 1 N–H and O–H groups in total. The van der Waals surface area contributed by atoms with Gasteiger partial charge in [-0.15, -0.1) is 21.5 Å². The number of hydrogen-bond acceptors (Lipinski definition) is 5. The Hall–Kier alpha value is -1.54. The summed E-state index contributed by atoms with van der Waals surface area (Å²) in [6.45, 7) is 0.356. The van der Waals surface area contributed by atoms with Crippen molar-refractivity contribution in [3.8, 4) is 10.7 Å². The smallest absolute Gasteiger partial charge is 0.230 e. The van der Waals surface area contributed by atoms with Crippen molar-refractivity contribution in [3.63, 3.8) is 0 Å². The summed E-state index contributed by atoms with van der Waals surface area (Å²) in [7, 11) is 1.89. The van der Waals surface area contributed by atoms with E-state index in [1.54, 1.807) is 29.5 Å². The van der Waals surface area contributed by atoms with Crippen molar-refractivity contribution in [1.29, 1.82) is 0 Å². The third-order valence-corrected chi connectivity index (χ3v) is 5.87. The molecule has 2 heterocycles. The second-order valence-corrected chi connectivity index (χ2v) is 7.88. The topological polar surface area (TPSA) is 59.8 Å². The van der Waals surface area contributed by atoms with Crippen molar-refractivity contribution < 1.29 is 4.79 Å². The number of nitrogens with zero attached hydrogens (tertiary/aromatic N) is 3. The first-order valence-electron chi connectivity index (χ1n) is 7.31. The third-order valence-electron chi connectivity index (χ3n) is 3.40. The minimum Gasteiger partial charge on any atom is -0.351 e. The number of hydrogen-bond donors (Lipinski definition) is 1. The fraction of sp³-hybridized carbons (Fsp3) is 0.188. The zero-order valence-corrected chi connectivity index (χ0v) is 16.3. The summed E-state index contributed by atoms with van der Waals surface area (Å²) in [4.78, 5) is 13.1. The molecule has 0 spiro atoms. The Morgan fingerprint density at radius 3 is 2.88 bits per heavy atom. The molecule has 0 fully saturated rings. The van der Waals surface area contributed by atoms with E-state index in [0.29, 0.717) is 21.7 Å². The lowest BCUT2D eigenvalue weighted by molar-refractivity contribution is -0.118. The van der Waals surface area contributed by atoms with E-state index < -0.39 is 0 Å². The van der Waals surface area contributed by atoms with Gasteiger partial charge in [0.25, 0.3) is 0 Å². The second kappa shape index (κ2) is 8.23. The number of nitrogens with one attached hydrogen (secondary N) is 1. The van der Waals surface area contributed by atoms with Crippen molar-refractivity contribution in [2.75, 3.05) is 5.75 Å². The van der Waals surface area contributed by atoms with Crippen LogP contribution in [0.2, 0.25) is 10.0 Å². The quantitative estimate of drug-likeness (QED) is 0.614. The summed E-state index contributed by atoms with van der Waals surface area (Å²) in [5.74, 6) is 0.948. The number of thiophene rings is 1. The maximum atomic E-state index is 12.1. The molecule has 0 bridgehead atoms. The number of benzene rings is 1. The SMILES string of the molecule is Cn1c(SCC(=O)NCc2ccc(Cl)cc2Cl)nnc1-c1cccs1. The average molecular weight is 413 g/mol. The average Bonchev–Trinajstić information content (AvgIpc) is 3.22. The van der Waals surface area contributed by atoms with Crippen LogP contribution in [0.1, 0.15) is 5.56 Å². The minimum atomic E-state index is -0.100. The normalized spacial score (nSPS) is 10.8. The first-order valence-corrected chi connectivity index (χ1v) is 9.93. The molecule has 5 nitrogen and oxygen atoms in total. The molecule has 9 heteroatoms. The molecular formula is C16H14Cl2N4OS2. The highest BCUT2D eigenvalue weighted by Gasteiger charge is 2.13. The Morgan fingerprint density at radius 1 is 1.32 bits per heavy atom. The maximum absolute atomic E-state index is 12.1. The van der Waals surface area contributed by atoms with Gasteiger partial charge in [0.05, 0.1) is 10.6 Å². The van der Waals surface area contributed by atoms with Gasteiger partial charge < -0.3 is 9.88 Å². The van der Waals surface area contributed by atoms with E-state index in [1.807, 2.05) is 29.1 Å². The van der Waals surface area contributed by atoms with E-state index in [4.69, 9.17) is 23.2 Å². The van der Waals surface area contributed by atoms with Gasteiger partial charge in [-0.2, -0.15) is 0 Å². The summed E-state index contributed by atoms with van der Waals surface area (Å²) in [5.41, 5.74) is 0.822. The number of carbonyl (C=O) groups is 1. The standard InChI is InChI=1S/C16H14Cl2N4OS2/c1-22-15(13-3-2-6-24-13)20-21-16(22)25-9-14(23)19-8-10-4-5-11(17)7-12(10)18/h2-7H,8-9H2,1H3,(H,19,23). The summed E-state index contributed by atoms with van der Waals surface area (Å²) >= 11 is 14.9. The molecule has 1 aromatic carbocycles. The van der Waals surface area contributed by atoms with Gasteiger partial charge in [-0.05, 0) is 29.1 Å². The maximum Gasteiger partial charge on any atom is 0.230 e. The van der Waals surface area contributed by atoms with Crippen LogP contribution in [0, 0.1) is 0 Å². The van der Waals surface area contributed by atoms with Gasteiger partial charge in [0.1, 0.15) is 0 Å². The zero-order chi connectivity index (χ0) is 17.8. The highest BCUT2D eigenvalue weighted by molar-refractivity contribution is 7.99. The molecule has 0 saturated carbocycles. The minimum absolute atomic E-state index is 0.100. The highest BCUT2D eigenvalue weighted by atomic mass is 35.5. The number of thioether (sulfide) groups is 1. The Balaban J connectivity index is 1.54. The monoisotopic (exact) mass is 412 g/mol. The molecule has 25 heavy (non-hydrogen) atoms. The molecule has 0 saturated heterocycles. The lowest BCUT2D eigenvalue weighted by atomic mass is 10.2. The molecule has 0 radical (unpaired) electrons. The van der Waals surface area contributed by atoms with Gasteiger partial charge in [-0.25, -0.2) is 0 Å². The summed E-state index contributed by atoms with van der Waals surface area (Å²) in [5, 5.41) is 15.0. The number of aromatic nitrogens is 3. The van der Waals surface area contributed by atoms with Crippen LogP contribution in [0.25, 0.3) is 10.7 Å². The second-order valence-electron chi connectivity index (χ2n) is 5.14. The number of halogens is 2. The third kappa shape index (κ3) is 4.55. The van der Waals surface area contributed by atoms with Gasteiger partial charge in [0.15, 0.2) is 11.0 Å². The summed E-state index contributed by atoms with van der Waals surface area (Å²) in [6, 6.07) is 9.16. The van der Waals surface area contributed by atoms with Crippen LogP contribution in [0.5, 0.6) is 0 Å². The number of carbonyl (C=O) groups excluding carboxylic acids is 1. The van der Waals surface area contributed by atoms with Gasteiger partial charge in [-0.1, -0.05) is 47.1 Å². The van der Waals surface area contributed by atoms with Crippen LogP contribution in [0.15, 0.2) is 40.9 Å². The number of amides is 1. The number of rotatable bonds is 6. The summed E-state index contributed by atoms with van der Waals surface area (Å²) < 4.78 is 1.89. The van der Waals surface area contributed by atoms with E-state index >= 15 is 0 Å². The van der Waals surface area contributed by atoms with E-state index in [2.05, 4.69) is 15.5 Å². The van der Waals surface area contributed by atoms with Crippen LogP contribution < -0.4 is 5.32 Å². The van der Waals surface area contributed by atoms with Gasteiger partial charge in [0.2, 0.25) is 5.91 Å². The van der Waals surface area contributed by atoms with Gasteiger partial charge in [-0.3, -0.25) is 4.79 Å². The zero-order valence-electron chi connectivity index (χ0n) is 13.2. The molecule has 0 unspecified atom stereocenters. The van der Waals surface area contributed by atoms with Crippen molar-refractivity contribution in [2.45, 2.75) is 11.7 Å². The van der Waals surface area contributed by atoms with Crippen molar-refractivity contribution in [2.24, 2.45) is 7.05 Å². The van der Waals surface area contributed by atoms with Crippen LogP contribution >= 0.6 is 46.3 Å². The molecule has 3 rings (SSSR count). The molecular weight excluding hydrogens is 399 g/mol.